The van der Waals surface area contributed by atoms with Gasteiger partial charge >= 0.3 is 5.97 Å². The summed E-state index contributed by atoms with van der Waals surface area (Å²) in [5.74, 6) is -1.42. The summed E-state index contributed by atoms with van der Waals surface area (Å²) in [6, 6.07) is 2.98. The molecule has 0 aliphatic heterocycles. The maximum Gasteiger partial charge on any atom is 0.305 e. The molecule has 0 saturated heterocycles. The number of nitrogens with zero attached hydrogens (tertiary/aromatic N) is 1. The Morgan fingerprint density at radius 3 is 2.55 bits per heavy atom. The van der Waals surface area contributed by atoms with Gasteiger partial charge < -0.3 is 10.4 Å². The molecule has 0 bridgehead atoms. The molecule has 7 heteroatoms. The highest BCUT2D eigenvalue weighted by atomic mass is 35.5. The molecule has 5 nitrogen and oxygen atoms in total. The van der Waals surface area contributed by atoms with Crippen LogP contribution in [0.4, 0.5) is 0 Å². The van der Waals surface area contributed by atoms with Crippen LogP contribution in [0, 0.1) is 0 Å². The Bertz CT molecular complexity index is 542. The summed E-state index contributed by atoms with van der Waals surface area (Å²) in [6.07, 6.45) is 2.97. The van der Waals surface area contributed by atoms with E-state index in [2.05, 4.69) is 10.3 Å². The van der Waals surface area contributed by atoms with Crippen molar-refractivity contribution in [2.45, 2.75) is 37.6 Å². The maximum absolute atomic E-state index is 12.3. The molecule has 1 saturated carbocycles. The summed E-state index contributed by atoms with van der Waals surface area (Å²) in [5, 5.41) is 12.1. The number of amides is 1. The Labute approximate surface area is 126 Å². The second-order valence-electron chi connectivity index (χ2n) is 4.98. The van der Waals surface area contributed by atoms with Gasteiger partial charge in [0.15, 0.2) is 0 Å². The molecule has 2 rings (SSSR count). The van der Waals surface area contributed by atoms with Crippen molar-refractivity contribution in [2.75, 3.05) is 0 Å². The lowest BCUT2D eigenvalue weighted by molar-refractivity contribution is -0.138. The standard InChI is InChI=1S/C13H14Cl2N2O3/c14-8-3-4-9(15)16-11(8)12(20)17-13(7-10(18)19)5-1-2-6-13/h3-4H,1-2,5-7H2,(H,17,20)(H,18,19). The summed E-state index contributed by atoms with van der Waals surface area (Å²) in [7, 11) is 0. The van der Waals surface area contributed by atoms with Crippen LogP contribution in [0.15, 0.2) is 12.1 Å². The third-order valence-corrected chi connectivity index (χ3v) is 3.97. The molecule has 1 heterocycles. The van der Waals surface area contributed by atoms with Crippen molar-refractivity contribution >= 4 is 35.1 Å². The second-order valence-corrected chi connectivity index (χ2v) is 5.77. The first kappa shape index (κ1) is 15.1. The molecule has 1 aliphatic carbocycles. The average Bonchev–Trinajstić information content (AvgIpc) is 2.79. The quantitative estimate of drug-likeness (QED) is 0.837. The molecule has 0 unspecified atom stereocenters. The molecular weight excluding hydrogens is 303 g/mol. The zero-order chi connectivity index (χ0) is 14.8. The molecule has 0 spiro atoms. The van der Waals surface area contributed by atoms with Crippen LogP contribution in [-0.2, 0) is 4.79 Å². The van der Waals surface area contributed by atoms with E-state index in [1.54, 1.807) is 0 Å². The van der Waals surface area contributed by atoms with Crippen LogP contribution in [-0.4, -0.2) is 27.5 Å². The van der Waals surface area contributed by atoms with E-state index in [1.807, 2.05) is 0 Å². The highest BCUT2D eigenvalue weighted by Gasteiger charge is 2.38. The molecular formula is C13H14Cl2N2O3. The number of carboxylic acids is 1. The minimum atomic E-state index is -0.933. The van der Waals surface area contributed by atoms with Crippen LogP contribution in [0.3, 0.4) is 0 Å². The number of rotatable bonds is 4. The van der Waals surface area contributed by atoms with E-state index in [0.717, 1.165) is 12.8 Å². The molecule has 1 fully saturated rings. The first-order chi connectivity index (χ1) is 9.42. The first-order valence-corrected chi connectivity index (χ1v) is 7.04. The maximum atomic E-state index is 12.3. The molecule has 0 aromatic carbocycles. The first-order valence-electron chi connectivity index (χ1n) is 6.28. The molecule has 2 N–H and O–H groups in total. The fourth-order valence-electron chi connectivity index (χ4n) is 2.56. The number of aliphatic carboxylic acids is 1. The van der Waals surface area contributed by atoms with Gasteiger partial charge in [-0.05, 0) is 25.0 Å². The van der Waals surface area contributed by atoms with Crippen LogP contribution in [0.2, 0.25) is 10.2 Å². The molecule has 1 aliphatic rings. The molecule has 1 aromatic rings. The predicted octanol–water partition coefficient (Wildman–Crippen LogP) is 2.91. The lowest BCUT2D eigenvalue weighted by Gasteiger charge is -2.28. The lowest BCUT2D eigenvalue weighted by Crippen LogP contribution is -2.48. The summed E-state index contributed by atoms with van der Waals surface area (Å²) in [4.78, 5) is 27.1. The fourth-order valence-corrected chi connectivity index (χ4v) is 2.90. The van der Waals surface area contributed by atoms with Gasteiger partial charge in [-0.2, -0.15) is 0 Å². The van der Waals surface area contributed by atoms with Crippen molar-refractivity contribution in [3.05, 3.63) is 28.0 Å². The Kier molecular flexibility index (Phi) is 4.50. The number of carbonyl (C=O) groups is 2. The van der Waals surface area contributed by atoms with Gasteiger partial charge in [-0.15, -0.1) is 0 Å². The monoisotopic (exact) mass is 316 g/mol. The third kappa shape index (κ3) is 3.41. The number of halogens is 2. The van der Waals surface area contributed by atoms with Crippen molar-refractivity contribution in [2.24, 2.45) is 0 Å². The van der Waals surface area contributed by atoms with E-state index in [0.29, 0.717) is 12.8 Å². The normalized spacial score (nSPS) is 16.9. The number of nitrogens with one attached hydrogen (secondary N) is 1. The minimum absolute atomic E-state index is 0.0239. The topological polar surface area (TPSA) is 79.3 Å². The molecule has 1 aromatic heterocycles. The average molecular weight is 317 g/mol. The number of hydrogen-bond acceptors (Lipinski definition) is 3. The molecule has 1 amide bonds. The lowest BCUT2D eigenvalue weighted by atomic mass is 9.93. The molecule has 0 radical (unpaired) electrons. The zero-order valence-electron chi connectivity index (χ0n) is 10.7. The van der Waals surface area contributed by atoms with E-state index in [-0.39, 0.29) is 22.3 Å². The largest absolute Gasteiger partial charge is 0.481 e. The van der Waals surface area contributed by atoms with Gasteiger partial charge in [-0.1, -0.05) is 36.0 Å². The van der Waals surface area contributed by atoms with Crippen LogP contribution in [0.1, 0.15) is 42.6 Å². The van der Waals surface area contributed by atoms with Gasteiger partial charge in [0.05, 0.1) is 17.0 Å². The van der Waals surface area contributed by atoms with Crippen molar-refractivity contribution in [3.63, 3.8) is 0 Å². The molecule has 108 valence electrons. The van der Waals surface area contributed by atoms with Crippen LogP contribution < -0.4 is 5.32 Å². The van der Waals surface area contributed by atoms with E-state index in [1.165, 1.54) is 12.1 Å². The highest BCUT2D eigenvalue weighted by molar-refractivity contribution is 6.34. The Morgan fingerprint density at radius 1 is 1.30 bits per heavy atom. The molecule has 20 heavy (non-hydrogen) atoms. The number of pyridine rings is 1. The molecule has 0 atom stereocenters. The van der Waals surface area contributed by atoms with Gasteiger partial charge in [0.2, 0.25) is 0 Å². The Morgan fingerprint density at radius 2 is 1.95 bits per heavy atom. The summed E-state index contributed by atoms with van der Waals surface area (Å²) >= 11 is 11.7. The van der Waals surface area contributed by atoms with Crippen LogP contribution in [0.25, 0.3) is 0 Å². The Balaban J connectivity index is 2.20. The van der Waals surface area contributed by atoms with Gasteiger partial charge in [-0.3, -0.25) is 9.59 Å². The summed E-state index contributed by atoms with van der Waals surface area (Å²) < 4.78 is 0. The number of carboxylic acid groups (broad SMARTS) is 1. The highest BCUT2D eigenvalue weighted by Crippen LogP contribution is 2.33. The number of aromatic nitrogens is 1. The number of hydrogen-bond donors (Lipinski definition) is 2. The van der Waals surface area contributed by atoms with Gasteiger partial charge in [0.1, 0.15) is 10.8 Å². The summed E-state index contributed by atoms with van der Waals surface area (Å²) in [5.41, 5.74) is -0.688. The van der Waals surface area contributed by atoms with Gasteiger partial charge in [-0.25, -0.2) is 4.98 Å². The van der Waals surface area contributed by atoms with Gasteiger partial charge in [0, 0.05) is 0 Å². The van der Waals surface area contributed by atoms with Crippen LogP contribution >= 0.6 is 23.2 Å². The van der Waals surface area contributed by atoms with Crippen molar-refractivity contribution in [1.82, 2.24) is 10.3 Å². The third-order valence-electron chi connectivity index (χ3n) is 3.46. The smallest absolute Gasteiger partial charge is 0.305 e. The number of carbonyl (C=O) groups excluding carboxylic acids is 1. The van der Waals surface area contributed by atoms with Crippen molar-refractivity contribution in [3.8, 4) is 0 Å². The zero-order valence-corrected chi connectivity index (χ0v) is 12.2. The summed E-state index contributed by atoms with van der Waals surface area (Å²) in [6.45, 7) is 0. The van der Waals surface area contributed by atoms with E-state index >= 15 is 0 Å². The Hall–Kier alpha value is -1.33. The van der Waals surface area contributed by atoms with E-state index in [4.69, 9.17) is 28.3 Å². The minimum Gasteiger partial charge on any atom is -0.481 e. The SMILES string of the molecule is O=C(O)CC1(NC(=O)c2nc(Cl)ccc2Cl)CCCC1. The van der Waals surface area contributed by atoms with Crippen molar-refractivity contribution in [1.29, 1.82) is 0 Å². The van der Waals surface area contributed by atoms with Crippen LogP contribution in [0.5, 0.6) is 0 Å². The predicted molar refractivity (Wildman–Crippen MR) is 75.2 cm³/mol. The fraction of sp³-hybridized carbons (Fsp3) is 0.462. The van der Waals surface area contributed by atoms with E-state index < -0.39 is 17.4 Å². The second kappa shape index (κ2) is 5.97. The van der Waals surface area contributed by atoms with E-state index in [9.17, 15) is 9.59 Å². The van der Waals surface area contributed by atoms with Gasteiger partial charge in [0.25, 0.3) is 5.91 Å². The van der Waals surface area contributed by atoms with Crippen molar-refractivity contribution < 1.29 is 14.7 Å².